The van der Waals surface area contributed by atoms with E-state index in [1.165, 1.54) is 12.0 Å². The molecule has 0 aromatic heterocycles. The van der Waals surface area contributed by atoms with Gasteiger partial charge in [-0.2, -0.15) is 0 Å². The van der Waals surface area contributed by atoms with E-state index in [1.807, 2.05) is 0 Å². The van der Waals surface area contributed by atoms with Gasteiger partial charge < -0.3 is 15.4 Å². The van der Waals surface area contributed by atoms with Gasteiger partial charge in [0.2, 0.25) is 0 Å². The quantitative estimate of drug-likeness (QED) is 0.776. The number of carbonyl (C=O) groups excluding carboxylic acids is 2. The number of amides is 2. The van der Waals surface area contributed by atoms with Crippen molar-refractivity contribution in [3.63, 3.8) is 0 Å². The smallest absolute Gasteiger partial charge is 0.411 e. The number of nitrogens with one attached hydrogen (secondary N) is 1. The Morgan fingerprint density at radius 3 is 2.48 bits per heavy atom. The number of methoxy groups -OCH3 is 1. The molecule has 0 aliphatic heterocycles. The molecular weight excluding hydrogens is 356 g/mol. The maximum Gasteiger partial charge on any atom is 0.411 e. The highest BCUT2D eigenvalue weighted by Gasteiger charge is 2.18. The molecule has 2 amide bonds. The predicted octanol–water partition coefficient (Wildman–Crippen LogP) is 3.13. The minimum absolute atomic E-state index is 0.0756. The van der Waals surface area contributed by atoms with E-state index in [0.29, 0.717) is 31.3 Å². The van der Waals surface area contributed by atoms with Crippen molar-refractivity contribution in [2.24, 2.45) is 5.73 Å². The first-order valence-corrected chi connectivity index (χ1v) is 8.32. The number of carbonyl (C=O) groups is 2. The van der Waals surface area contributed by atoms with Crippen molar-refractivity contribution >= 4 is 17.7 Å². The molecule has 0 fully saturated rings. The third-order valence-corrected chi connectivity index (χ3v) is 3.76. The topological polar surface area (TPSA) is 84.7 Å². The van der Waals surface area contributed by atoms with Crippen LogP contribution in [0.1, 0.15) is 22.3 Å². The summed E-state index contributed by atoms with van der Waals surface area (Å²) in [4.78, 5) is 25.5. The normalized spacial score (nSPS) is 10.4. The summed E-state index contributed by atoms with van der Waals surface area (Å²) in [6.07, 6.45) is -0.0812. The highest BCUT2D eigenvalue weighted by molar-refractivity contribution is 5.94. The predicted molar refractivity (Wildman–Crippen MR) is 97.2 cm³/mol. The number of nitrogens with zero attached hydrogens (tertiary/aromatic N) is 1. The van der Waals surface area contributed by atoms with E-state index in [9.17, 15) is 18.4 Å². The van der Waals surface area contributed by atoms with Gasteiger partial charge in [-0.1, -0.05) is 12.1 Å². The molecule has 3 N–H and O–H groups in total. The highest BCUT2D eigenvalue weighted by atomic mass is 19.1. The van der Waals surface area contributed by atoms with Crippen LogP contribution in [0.3, 0.4) is 0 Å². The fourth-order valence-corrected chi connectivity index (χ4v) is 2.53. The van der Waals surface area contributed by atoms with Crippen LogP contribution in [0.5, 0.6) is 0 Å². The van der Waals surface area contributed by atoms with Crippen LogP contribution in [0.25, 0.3) is 0 Å². The zero-order valence-corrected chi connectivity index (χ0v) is 14.9. The van der Waals surface area contributed by atoms with Gasteiger partial charge in [0.1, 0.15) is 11.6 Å². The first-order valence-electron chi connectivity index (χ1n) is 8.32. The number of benzene rings is 2. The summed E-state index contributed by atoms with van der Waals surface area (Å²) in [6.45, 7) is 0.876. The van der Waals surface area contributed by atoms with Gasteiger partial charge in [-0.15, -0.1) is 0 Å². The minimum Gasteiger partial charge on any atom is -0.453 e. The maximum absolute atomic E-state index is 13.5. The average Bonchev–Trinajstić information content (AvgIpc) is 2.64. The van der Waals surface area contributed by atoms with Gasteiger partial charge in [-0.05, 0) is 42.8 Å². The van der Waals surface area contributed by atoms with Crippen LogP contribution in [0, 0.1) is 11.6 Å². The lowest BCUT2D eigenvalue weighted by molar-refractivity contribution is 0.0741. The fourth-order valence-electron chi connectivity index (χ4n) is 2.53. The van der Waals surface area contributed by atoms with Gasteiger partial charge in [-0.3, -0.25) is 10.1 Å². The molecule has 0 bridgehead atoms. The molecule has 2 aromatic carbocycles. The summed E-state index contributed by atoms with van der Waals surface area (Å²) in [7, 11) is 1.25. The lowest BCUT2D eigenvalue weighted by Gasteiger charge is -2.23. The van der Waals surface area contributed by atoms with Crippen LogP contribution in [0.2, 0.25) is 0 Å². The molecule has 2 aromatic rings. The second-order valence-electron chi connectivity index (χ2n) is 5.84. The van der Waals surface area contributed by atoms with E-state index in [4.69, 9.17) is 5.73 Å². The molecule has 0 heterocycles. The molecule has 0 radical (unpaired) electrons. The van der Waals surface area contributed by atoms with Crippen LogP contribution in [-0.2, 0) is 11.3 Å². The maximum atomic E-state index is 13.5. The lowest BCUT2D eigenvalue weighted by atomic mass is 10.1. The summed E-state index contributed by atoms with van der Waals surface area (Å²) in [5.74, 6) is -2.14. The standard InChI is InChI=1S/C19H21F2N3O3/c1-27-19(26)23-17-5-2-4-13(8-17)12-24(7-3-6-22)18(25)14-9-15(20)11-16(21)10-14/h2,4-5,8-11H,3,6-7,12,22H2,1H3,(H,23,26). The van der Waals surface area contributed by atoms with Crippen molar-refractivity contribution in [3.8, 4) is 0 Å². The fraction of sp³-hybridized carbons (Fsp3) is 0.263. The average molecular weight is 377 g/mol. The molecule has 144 valence electrons. The lowest BCUT2D eigenvalue weighted by Crippen LogP contribution is -2.32. The van der Waals surface area contributed by atoms with Gasteiger partial charge in [0.05, 0.1) is 7.11 Å². The first kappa shape index (κ1) is 20.3. The number of ether oxygens (including phenoxy) is 1. The minimum atomic E-state index is -0.818. The Morgan fingerprint density at radius 2 is 1.85 bits per heavy atom. The Balaban J connectivity index is 2.22. The molecule has 6 nitrogen and oxygen atoms in total. The van der Waals surface area contributed by atoms with Crippen LogP contribution >= 0.6 is 0 Å². The third kappa shape index (κ3) is 6.03. The van der Waals surface area contributed by atoms with E-state index in [2.05, 4.69) is 10.1 Å². The summed E-state index contributed by atoms with van der Waals surface area (Å²) in [5, 5.41) is 2.54. The van der Waals surface area contributed by atoms with Crippen LogP contribution < -0.4 is 11.1 Å². The summed E-state index contributed by atoms with van der Waals surface area (Å²) in [5.41, 5.74) is 6.69. The van der Waals surface area contributed by atoms with Gasteiger partial charge in [0, 0.05) is 30.4 Å². The third-order valence-electron chi connectivity index (χ3n) is 3.76. The Hall–Kier alpha value is -3.00. The number of rotatable bonds is 7. The van der Waals surface area contributed by atoms with Gasteiger partial charge in [-0.25, -0.2) is 13.6 Å². The van der Waals surface area contributed by atoms with E-state index in [0.717, 1.165) is 17.7 Å². The van der Waals surface area contributed by atoms with Crippen molar-refractivity contribution in [1.82, 2.24) is 4.90 Å². The van der Waals surface area contributed by atoms with E-state index in [-0.39, 0.29) is 12.1 Å². The molecule has 0 atom stereocenters. The summed E-state index contributed by atoms with van der Waals surface area (Å²) in [6, 6.07) is 9.56. The van der Waals surface area contributed by atoms with E-state index >= 15 is 0 Å². The summed E-state index contributed by atoms with van der Waals surface area (Å²) >= 11 is 0. The zero-order valence-electron chi connectivity index (χ0n) is 14.9. The molecule has 0 saturated heterocycles. The molecule has 0 aliphatic rings. The Kier molecular flexibility index (Phi) is 7.25. The second-order valence-corrected chi connectivity index (χ2v) is 5.84. The number of hydrogen-bond acceptors (Lipinski definition) is 4. The molecule has 0 saturated carbocycles. The van der Waals surface area contributed by atoms with Crippen LogP contribution in [0.15, 0.2) is 42.5 Å². The van der Waals surface area contributed by atoms with Gasteiger partial charge >= 0.3 is 6.09 Å². The van der Waals surface area contributed by atoms with Crippen molar-refractivity contribution in [2.45, 2.75) is 13.0 Å². The molecule has 0 unspecified atom stereocenters. The molecule has 2 rings (SSSR count). The molecule has 0 aliphatic carbocycles. The van der Waals surface area contributed by atoms with Crippen molar-refractivity contribution in [3.05, 3.63) is 65.2 Å². The first-order chi connectivity index (χ1) is 12.9. The van der Waals surface area contributed by atoms with Crippen LogP contribution in [-0.4, -0.2) is 37.1 Å². The zero-order chi connectivity index (χ0) is 19.8. The SMILES string of the molecule is COC(=O)Nc1cccc(CN(CCCN)C(=O)c2cc(F)cc(F)c2)c1. The van der Waals surface area contributed by atoms with E-state index < -0.39 is 23.6 Å². The van der Waals surface area contributed by atoms with Crippen molar-refractivity contribution in [1.29, 1.82) is 0 Å². The van der Waals surface area contributed by atoms with Crippen LogP contribution in [0.4, 0.5) is 19.3 Å². The largest absolute Gasteiger partial charge is 0.453 e. The molecular formula is C19H21F2N3O3. The van der Waals surface area contributed by atoms with Gasteiger partial charge in [0.15, 0.2) is 0 Å². The number of hydrogen-bond donors (Lipinski definition) is 2. The molecule has 27 heavy (non-hydrogen) atoms. The second kappa shape index (κ2) is 9.63. The Labute approximate surface area is 155 Å². The number of anilines is 1. The monoisotopic (exact) mass is 377 g/mol. The Morgan fingerprint density at radius 1 is 1.15 bits per heavy atom. The summed E-state index contributed by atoms with van der Waals surface area (Å²) < 4.78 is 31.5. The van der Waals surface area contributed by atoms with Gasteiger partial charge in [0.25, 0.3) is 5.91 Å². The highest BCUT2D eigenvalue weighted by Crippen LogP contribution is 2.16. The van der Waals surface area contributed by atoms with Crippen molar-refractivity contribution < 1.29 is 23.1 Å². The van der Waals surface area contributed by atoms with Crippen molar-refractivity contribution in [2.75, 3.05) is 25.5 Å². The Bertz CT molecular complexity index is 794. The number of nitrogens with two attached hydrogens (primary N) is 1. The molecule has 8 heteroatoms. The van der Waals surface area contributed by atoms with E-state index in [1.54, 1.807) is 24.3 Å². The molecule has 0 spiro atoms. The number of halogens is 2.